The average Bonchev–Trinajstić information content (AvgIpc) is 1.79. The number of carboxylic acid groups (broad SMARTS) is 2. The second kappa shape index (κ2) is 7.64. The van der Waals surface area contributed by atoms with Crippen molar-refractivity contribution in [2.45, 2.75) is 25.7 Å². The Morgan fingerprint density at radius 1 is 1.00 bits per heavy atom. The number of carboxylic acids is 2. The molecule has 0 spiro atoms. The molecule has 0 aliphatic rings. The summed E-state index contributed by atoms with van der Waals surface area (Å²) in [5.74, 6) is -1.74. The molecule has 0 aromatic rings. The van der Waals surface area contributed by atoms with E-state index in [9.17, 15) is 9.59 Å². The predicted octanol–water partition coefficient (Wildman–Crippen LogP) is -2.17. The fourth-order valence-electron chi connectivity index (χ4n) is 0.552. The molecule has 0 aromatic heterocycles. The molecule has 11 heavy (non-hydrogen) atoms. The molecule has 0 aliphatic heterocycles. The van der Waals surface area contributed by atoms with Crippen LogP contribution in [-0.2, 0) is 9.59 Å². The number of carbonyl (C=O) groups is 2. The van der Waals surface area contributed by atoms with E-state index in [-0.39, 0.29) is 33.1 Å². The van der Waals surface area contributed by atoms with E-state index in [1.807, 2.05) is 0 Å². The molecule has 0 radical (unpaired) electrons. The second-order valence-electron chi connectivity index (χ2n) is 1.99. The quantitative estimate of drug-likeness (QED) is 0.349. The molecule has 0 atom stereocenters. The summed E-state index contributed by atoms with van der Waals surface area (Å²) in [6.07, 6.45) is 1.02. The number of unbranched alkanes of at least 4 members (excludes halogenated alkanes) is 1. The second-order valence-corrected chi connectivity index (χ2v) is 1.99. The molecular weight excluding hydrogens is 143 g/mol. The third-order valence-electron chi connectivity index (χ3n) is 1.03. The largest absolute Gasteiger partial charge is 1.00 e. The third-order valence-corrected chi connectivity index (χ3v) is 1.03. The molecule has 0 saturated heterocycles. The molecule has 0 aromatic carbocycles. The maximum atomic E-state index is 9.90. The first-order valence-electron chi connectivity index (χ1n) is 3.06. The van der Waals surface area contributed by atoms with E-state index >= 15 is 0 Å². The Hall–Kier alpha value is -0.463. The topological polar surface area (TPSA) is 74.6 Å². The van der Waals surface area contributed by atoms with Crippen LogP contribution in [0, 0.1) is 0 Å². The fraction of sp³-hybridized carbons (Fsp3) is 0.667. The molecule has 0 bridgehead atoms. The summed E-state index contributed by atoms with van der Waals surface area (Å²) >= 11 is 0. The Morgan fingerprint density at radius 3 is 1.45 bits per heavy atom. The van der Waals surface area contributed by atoms with Gasteiger partial charge in [0.05, 0.1) is 0 Å². The number of hydrogen-bond donors (Lipinski definition) is 2. The summed E-state index contributed by atoms with van der Waals surface area (Å²) in [4.78, 5) is 19.8. The van der Waals surface area contributed by atoms with Gasteiger partial charge in [0.2, 0.25) is 0 Å². The zero-order valence-corrected chi connectivity index (χ0v) is 6.54. The van der Waals surface area contributed by atoms with Gasteiger partial charge in [0, 0.05) is 12.8 Å². The molecule has 0 rings (SSSR count). The van der Waals surface area contributed by atoms with E-state index in [4.69, 9.17) is 10.2 Å². The summed E-state index contributed by atoms with van der Waals surface area (Å²) in [6, 6.07) is 0. The summed E-state index contributed by atoms with van der Waals surface area (Å²) in [7, 11) is 0. The van der Waals surface area contributed by atoms with Crippen molar-refractivity contribution < 1.29 is 40.1 Å². The molecular formula is C6H11LiO4. The molecule has 0 saturated carbocycles. The van der Waals surface area contributed by atoms with Crippen LogP contribution in [0.4, 0.5) is 0 Å². The minimum absolute atomic E-state index is 0. The van der Waals surface area contributed by atoms with Gasteiger partial charge in [-0.05, 0) is 12.8 Å². The van der Waals surface area contributed by atoms with Crippen LogP contribution in [0.2, 0.25) is 0 Å². The first-order chi connectivity index (χ1) is 4.63. The smallest absolute Gasteiger partial charge is 1.00 e. The first-order valence-corrected chi connectivity index (χ1v) is 3.06. The van der Waals surface area contributed by atoms with E-state index in [2.05, 4.69) is 0 Å². The summed E-state index contributed by atoms with van der Waals surface area (Å²) in [5, 5.41) is 16.3. The Morgan fingerprint density at radius 2 is 1.27 bits per heavy atom. The van der Waals surface area contributed by atoms with Crippen LogP contribution < -0.4 is 18.9 Å². The fourth-order valence-corrected chi connectivity index (χ4v) is 0.552. The van der Waals surface area contributed by atoms with Gasteiger partial charge in [-0.25, -0.2) is 0 Å². The molecule has 0 amide bonds. The van der Waals surface area contributed by atoms with Crippen LogP contribution in [0.25, 0.3) is 0 Å². The van der Waals surface area contributed by atoms with Gasteiger partial charge in [-0.15, -0.1) is 0 Å². The number of aliphatic carboxylic acids is 2. The van der Waals surface area contributed by atoms with E-state index in [1.54, 1.807) is 0 Å². The Kier molecular flexibility index (Phi) is 9.14. The standard InChI is InChI=1S/C6H10O4.Li.H/c7-5(8)3-1-2-4-6(9)10;;/h1-4H2,(H,7,8)(H,9,10);;/q;+1;-1. The van der Waals surface area contributed by atoms with Crippen molar-refractivity contribution in [2.75, 3.05) is 0 Å². The van der Waals surface area contributed by atoms with Crippen LogP contribution in [0.1, 0.15) is 27.1 Å². The van der Waals surface area contributed by atoms with Gasteiger partial charge >= 0.3 is 30.8 Å². The average molecular weight is 154 g/mol. The van der Waals surface area contributed by atoms with Crippen molar-refractivity contribution in [3.8, 4) is 0 Å². The van der Waals surface area contributed by atoms with Crippen molar-refractivity contribution in [3.05, 3.63) is 0 Å². The van der Waals surface area contributed by atoms with Crippen LogP contribution in [0.15, 0.2) is 0 Å². The molecule has 4 nitrogen and oxygen atoms in total. The van der Waals surface area contributed by atoms with Crippen molar-refractivity contribution in [3.63, 3.8) is 0 Å². The van der Waals surface area contributed by atoms with Crippen LogP contribution >= 0.6 is 0 Å². The summed E-state index contributed by atoms with van der Waals surface area (Å²) in [5.41, 5.74) is 0. The van der Waals surface area contributed by atoms with Crippen LogP contribution in [0.5, 0.6) is 0 Å². The Labute approximate surface area is 78.3 Å². The van der Waals surface area contributed by atoms with Gasteiger partial charge < -0.3 is 11.6 Å². The number of rotatable bonds is 5. The molecule has 0 unspecified atom stereocenters. The van der Waals surface area contributed by atoms with Crippen molar-refractivity contribution in [1.82, 2.24) is 0 Å². The normalized spacial score (nSPS) is 8.36. The van der Waals surface area contributed by atoms with Gasteiger partial charge in [0.25, 0.3) is 0 Å². The summed E-state index contributed by atoms with van der Waals surface area (Å²) < 4.78 is 0. The van der Waals surface area contributed by atoms with Gasteiger partial charge in [0.15, 0.2) is 0 Å². The Bertz CT molecular complexity index is 124. The van der Waals surface area contributed by atoms with Crippen molar-refractivity contribution >= 4 is 11.9 Å². The van der Waals surface area contributed by atoms with E-state index in [0.717, 1.165) is 0 Å². The summed E-state index contributed by atoms with van der Waals surface area (Å²) in [6.45, 7) is 0. The molecule has 60 valence electrons. The number of hydrogen-bond acceptors (Lipinski definition) is 2. The van der Waals surface area contributed by atoms with Crippen molar-refractivity contribution in [1.29, 1.82) is 0 Å². The van der Waals surface area contributed by atoms with E-state index in [1.165, 1.54) is 0 Å². The minimum Gasteiger partial charge on any atom is -1.00 e. The van der Waals surface area contributed by atoms with E-state index < -0.39 is 11.9 Å². The maximum Gasteiger partial charge on any atom is 1.00 e. The first kappa shape index (κ1) is 13.2. The Balaban J connectivity index is -0.000000405. The van der Waals surface area contributed by atoms with Gasteiger partial charge in [-0.2, -0.15) is 0 Å². The van der Waals surface area contributed by atoms with Crippen LogP contribution in [-0.4, -0.2) is 22.2 Å². The van der Waals surface area contributed by atoms with Gasteiger partial charge in [-0.3, -0.25) is 9.59 Å². The van der Waals surface area contributed by atoms with Crippen molar-refractivity contribution in [2.24, 2.45) is 0 Å². The third kappa shape index (κ3) is 12.7. The predicted molar refractivity (Wildman–Crippen MR) is 34.9 cm³/mol. The zero-order valence-electron chi connectivity index (χ0n) is 7.54. The van der Waals surface area contributed by atoms with Gasteiger partial charge in [0.1, 0.15) is 0 Å². The molecule has 2 N–H and O–H groups in total. The molecule has 0 aliphatic carbocycles. The molecule has 0 heterocycles. The monoisotopic (exact) mass is 154 g/mol. The zero-order chi connectivity index (χ0) is 7.98. The van der Waals surface area contributed by atoms with Crippen LogP contribution in [0.3, 0.4) is 0 Å². The maximum absolute atomic E-state index is 9.90. The molecule has 0 fully saturated rings. The molecule has 5 heteroatoms. The van der Waals surface area contributed by atoms with Gasteiger partial charge in [-0.1, -0.05) is 0 Å². The minimum atomic E-state index is -0.870. The van der Waals surface area contributed by atoms with E-state index in [0.29, 0.717) is 12.8 Å². The SMILES string of the molecule is O=C(O)CCCCC(=O)O.[H-].[Li+].